The molecule has 1 aromatic carbocycles. The van der Waals surface area contributed by atoms with Crippen molar-refractivity contribution in [3.63, 3.8) is 0 Å². The molecule has 7 heteroatoms. The number of benzene rings is 1. The van der Waals surface area contributed by atoms with Crippen molar-refractivity contribution in [1.29, 1.82) is 0 Å². The van der Waals surface area contributed by atoms with Crippen LogP contribution in [0.5, 0.6) is 11.5 Å². The van der Waals surface area contributed by atoms with Gasteiger partial charge in [-0.25, -0.2) is 4.79 Å². The Labute approximate surface area is 122 Å². The van der Waals surface area contributed by atoms with Crippen molar-refractivity contribution in [1.82, 2.24) is 10.6 Å². The smallest absolute Gasteiger partial charge is 0.325 e. The van der Waals surface area contributed by atoms with Crippen molar-refractivity contribution in [3.05, 3.63) is 23.8 Å². The lowest BCUT2D eigenvalue weighted by molar-refractivity contribution is -0.138. The Morgan fingerprint density at radius 2 is 2.00 bits per heavy atom. The van der Waals surface area contributed by atoms with Crippen LogP contribution in [-0.2, 0) is 11.2 Å². The second-order valence-electron chi connectivity index (χ2n) is 4.69. The molecule has 0 saturated carbocycles. The highest BCUT2D eigenvalue weighted by atomic mass is 16.6. The van der Waals surface area contributed by atoms with E-state index in [0.717, 1.165) is 11.3 Å². The van der Waals surface area contributed by atoms with Crippen LogP contribution in [0.3, 0.4) is 0 Å². The van der Waals surface area contributed by atoms with Gasteiger partial charge in [-0.2, -0.15) is 0 Å². The summed E-state index contributed by atoms with van der Waals surface area (Å²) in [5, 5.41) is 13.6. The van der Waals surface area contributed by atoms with Crippen LogP contribution < -0.4 is 20.1 Å². The number of carboxylic acids is 1. The fourth-order valence-corrected chi connectivity index (χ4v) is 1.87. The summed E-state index contributed by atoms with van der Waals surface area (Å²) in [5.74, 6) is 0.366. The number of hydrogen-bond acceptors (Lipinski definition) is 4. The van der Waals surface area contributed by atoms with Crippen molar-refractivity contribution in [2.75, 3.05) is 19.8 Å². The highest BCUT2D eigenvalue weighted by Gasteiger charge is 2.14. The summed E-state index contributed by atoms with van der Waals surface area (Å²) in [7, 11) is 0. The molecule has 114 valence electrons. The molecule has 1 atom stereocenters. The Morgan fingerprint density at radius 1 is 1.29 bits per heavy atom. The largest absolute Gasteiger partial charge is 0.486 e. The van der Waals surface area contributed by atoms with Gasteiger partial charge in [-0.05, 0) is 31.0 Å². The van der Waals surface area contributed by atoms with Gasteiger partial charge in [0.1, 0.15) is 19.3 Å². The zero-order valence-corrected chi connectivity index (χ0v) is 11.7. The van der Waals surface area contributed by atoms with E-state index in [1.807, 2.05) is 18.2 Å². The summed E-state index contributed by atoms with van der Waals surface area (Å²) in [6.45, 7) is 2.89. The van der Waals surface area contributed by atoms with Gasteiger partial charge in [0.25, 0.3) is 0 Å². The third kappa shape index (κ3) is 4.27. The normalized spacial score (nSPS) is 14.1. The standard InChI is InChI=1S/C14H18N2O5/c1-9(13(17)18)16-14(19)15-5-4-10-2-3-11-12(8-10)21-7-6-20-11/h2-3,8-9H,4-7H2,1H3,(H,17,18)(H2,15,16,19)/t9-/m0/s1. The third-order valence-corrected chi connectivity index (χ3v) is 3.02. The van der Waals surface area contributed by atoms with Gasteiger partial charge in [0.05, 0.1) is 0 Å². The quantitative estimate of drug-likeness (QED) is 0.745. The van der Waals surface area contributed by atoms with E-state index >= 15 is 0 Å². The minimum atomic E-state index is -1.07. The maximum atomic E-state index is 11.5. The number of rotatable bonds is 5. The Hall–Kier alpha value is -2.44. The first-order valence-electron chi connectivity index (χ1n) is 6.72. The van der Waals surface area contributed by atoms with Gasteiger partial charge >= 0.3 is 12.0 Å². The van der Waals surface area contributed by atoms with Crippen LogP contribution in [0.2, 0.25) is 0 Å². The van der Waals surface area contributed by atoms with Crippen molar-refractivity contribution in [3.8, 4) is 11.5 Å². The predicted octanol–water partition coefficient (Wildman–Crippen LogP) is 0.773. The second-order valence-corrected chi connectivity index (χ2v) is 4.69. The number of aliphatic carboxylic acids is 1. The first kappa shape index (κ1) is 15.0. The number of carbonyl (C=O) groups is 2. The molecule has 0 bridgehead atoms. The van der Waals surface area contributed by atoms with Crippen LogP contribution in [0.25, 0.3) is 0 Å². The summed E-state index contributed by atoms with van der Waals surface area (Å²) in [5.41, 5.74) is 1.01. The molecule has 1 heterocycles. The van der Waals surface area contributed by atoms with E-state index in [2.05, 4.69) is 10.6 Å². The van der Waals surface area contributed by atoms with Crippen LogP contribution >= 0.6 is 0 Å². The van der Waals surface area contributed by atoms with E-state index in [1.54, 1.807) is 0 Å². The number of urea groups is 1. The van der Waals surface area contributed by atoms with Crippen LogP contribution in [0.4, 0.5) is 4.79 Å². The van der Waals surface area contributed by atoms with Crippen molar-refractivity contribution < 1.29 is 24.2 Å². The second kappa shape index (κ2) is 6.83. The summed E-state index contributed by atoms with van der Waals surface area (Å²) in [4.78, 5) is 22.0. The van der Waals surface area contributed by atoms with Gasteiger partial charge in [0.15, 0.2) is 11.5 Å². The van der Waals surface area contributed by atoms with E-state index in [9.17, 15) is 9.59 Å². The summed E-state index contributed by atoms with van der Waals surface area (Å²) >= 11 is 0. The third-order valence-electron chi connectivity index (χ3n) is 3.02. The van der Waals surface area contributed by atoms with E-state index < -0.39 is 18.0 Å². The van der Waals surface area contributed by atoms with Gasteiger partial charge in [-0.1, -0.05) is 6.07 Å². The van der Waals surface area contributed by atoms with E-state index in [0.29, 0.717) is 31.9 Å². The number of fused-ring (bicyclic) bond motifs is 1. The summed E-state index contributed by atoms with van der Waals surface area (Å²) < 4.78 is 10.9. The molecule has 2 rings (SSSR count). The topological polar surface area (TPSA) is 96.9 Å². The monoisotopic (exact) mass is 294 g/mol. The maximum absolute atomic E-state index is 11.5. The minimum absolute atomic E-state index is 0.401. The number of carbonyl (C=O) groups excluding carboxylic acids is 1. The number of hydrogen-bond donors (Lipinski definition) is 3. The molecule has 0 unspecified atom stereocenters. The van der Waals surface area contributed by atoms with Gasteiger partial charge in [-0.15, -0.1) is 0 Å². The highest BCUT2D eigenvalue weighted by Crippen LogP contribution is 2.30. The number of amides is 2. The molecule has 0 fully saturated rings. The molecular formula is C14H18N2O5. The Morgan fingerprint density at radius 3 is 2.71 bits per heavy atom. The minimum Gasteiger partial charge on any atom is -0.486 e. The molecule has 0 saturated heterocycles. The molecule has 21 heavy (non-hydrogen) atoms. The van der Waals surface area contributed by atoms with Crippen molar-refractivity contribution in [2.45, 2.75) is 19.4 Å². The molecule has 2 amide bonds. The molecule has 0 aromatic heterocycles. The average molecular weight is 294 g/mol. The SMILES string of the molecule is C[C@H](NC(=O)NCCc1ccc2c(c1)OCCO2)C(=O)O. The van der Waals surface area contributed by atoms with Gasteiger partial charge in [-0.3, -0.25) is 4.79 Å². The van der Waals surface area contributed by atoms with Gasteiger partial charge in [0.2, 0.25) is 0 Å². The van der Waals surface area contributed by atoms with E-state index in [-0.39, 0.29) is 0 Å². The zero-order valence-electron chi connectivity index (χ0n) is 11.7. The molecule has 1 aliphatic rings. The van der Waals surface area contributed by atoms with E-state index in [4.69, 9.17) is 14.6 Å². The average Bonchev–Trinajstić information content (AvgIpc) is 2.47. The Balaban J connectivity index is 1.78. The molecule has 1 aromatic rings. The summed E-state index contributed by atoms with van der Waals surface area (Å²) in [6.07, 6.45) is 0.617. The molecule has 7 nitrogen and oxygen atoms in total. The van der Waals surface area contributed by atoms with Crippen LogP contribution in [0.15, 0.2) is 18.2 Å². The molecule has 3 N–H and O–H groups in total. The number of carboxylic acid groups (broad SMARTS) is 1. The number of ether oxygens (including phenoxy) is 2. The van der Waals surface area contributed by atoms with Crippen molar-refractivity contribution in [2.24, 2.45) is 0 Å². The van der Waals surface area contributed by atoms with Gasteiger partial charge in [0, 0.05) is 6.54 Å². The molecule has 0 spiro atoms. The molecule has 0 radical (unpaired) electrons. The molecule has 1 aliphatic heterocycles. The van der Waals surface area contributed by atoms with Crippen LogP contribution in [0, 0.1) is 0 Å². The fraction of sp³-hybridized carbons (Fsp3) is 0.429. The van der Waals surface area contributed by atoms with Crippen LogP contribution in [-0.4, -0.2) is 42.9 Å². The lowest BCUT2D eigenvalue weighted by Gasteiger charge is -2.19. The summed E-state index contributed by atoms with van der Waals surface area (Å²) in [6, 6.07) is 4.22. The molecule has 0 aliphatic carbocycles. The molecular weight excluding hydrogens is 276 g/mol. The van der Waals surface area contributed by atoms with Crippen molar-refractivity contribution >= 4 is 12.0 Å². The lowest BCUT2D eigenvalue weighted by atomic mass is 10.1. The van der Waals surface area contributed by atoms with Gasteiger partial charge < -0.3 is 25.2 Å². The number of nitrogens with one attached hydrogen (secondary N) is 2. The highest BCUT2D eigenvalue weighted by molar-refractivity contribution is 5.82. The Kier molecular flexibility index (Phi) is 4.86. The van der Waals surface area contributed by atoms with E-state index in [1.165, 1.54) is 6.92 Å². The first-order chi connectivity index (χ1) is 10.1. The lowest BCUT2D eigenvalue weighted by Crippen LogP contribution is -2.44. The zero-order chi connectivity index (χ0) is 15.2. The van der Waals surface area contributed by atoms with Crippen LogP contribution in [0.1, 0.15) is 12.5 Å². The predicted molar refractivity (Wildman–Crippen MR) is 74.8 cm³/mol. The fourth-order valence-electron chi connectivity index (χ4n) is 1.87. The maximum Gasteiger partial charge on any atom is 0.325 e. The Bertz CT molecular complexity index is 532. The first-order valence-corrected chi connectivity index (χ1v) is 6.72.